The summed E-state index contributed by atoms with van der Waals surface area (Å²) in [5.74, 6) is -1.31. The van der Waals surface area contributed by atoms with E-state index in [1.165, 1.54) is 238 Å². The molecule has 0 spiro atoms. The number of phosphoric ester groups is 2. The van der Waals surface area contributed by atoms with E-state index in [0.29, 0.717) is 25.7 Å². The molecule has 0 rings (SSSR count). The fourth-order valence-corrected chi connectivity index (χ4v) is 13.6. The number of unbranched alkanes of at least 4 members (excludes halogenated alkanes) is 50. The van der Waals surface area contributed by atoms with E-state index in [9.17, 15) is 43.2 Å². The number of hydrogen-bond donors (Lipinski definition) is 3. The minimum atomic E-state index is -4.96. The van der Waals surface area contributed by atoms with E-state index in [1.54, 1.807) is 0 Å². The molecule has 0 aromatic heterocycles. The lowest BCUT2D eigenvalue weighted by atomic mass is 10.0. The van der Waals surface area contributed by atoms with Crippen LogP contribution in [0.15, 0.2) is 0 Å². The van der Waals surface area contributed by atoms with Gasteiger partial charge in [-0.15, -0.1) is 0 Å². The smallest absolute Gasteiger partial charge is 0.462 e. The maximum Gasteiger partial charge on any atom is 0.472 e. The average molecular weight is 1420 g/mol. The van der Waals surface area contributed by atoms with E-state index in [-0.39, 0.29) is 25.7 Å². The van der Waals surface area contributed by atoms with Crippen molar-refractivity contribution in [1.29, 1.82) is 0 Å². The highest BCUT2D eigenvalue weighted by molar-refractivity contribution is 7.47. The number of aliphatic hydroxyl groups excluding tert-OH is 1. The third kappa shape index (κ3) is 72.2. The van der Waals surface area contributed by atoms with Crippen LogP contribution >= 0.6 is 15.6 Å². The quantitative estimate of drug-likeness (QED) is 0.0222. The van der Waals surface area contributed by atoms with E-state index in [4.69, 9.17) is 37.0 Å². The predicted molar refractivity (Wildman–Crippen MR) is 395 cm³/mol. The van der Waals surface area contributed by atoms with Gasteiger partial charge in [0.2, 0.25) is 0 Å². The standard InChI is InChI=1S/C78H152O17P2/c1-6-9-12-15-18-21-24-26-27-28-29-34-37-42-47-52-57-62-76(81)89-68-74(95-78(83)64-59-54-49-44-39-35-31-30-33-36-40-45-50-55-60-71(4)5)70-93-97(86,87)91-66-72(79)65-90-96(84,85)92-69-73(67-88-75(80)61-56-51-46-41-23-20-17-14-11-8-3)94-77(82)63-58-53-48-43-38-32-25-22-19-16-13-10-7-2/h71-74,79H,6-70H2,1-5H3,(H,84,85)(H,86,87)/t72-,73+,74+/m0/s1. The fourth-order valence-electron chi connectivity index (χ4n) is 12.1. The van der Waals surface area contributed by atoms with Crippen LogP contribution in [-0.4, -0.2) is 96.7 Å². The van der Waals surface area contributed by atoms with Crippen molar-refractivity contribution < 1.29 is 80.2 Å². The van der Waals surface area contributed by atoms with Crippen molar-refractivity contribution >= 4 is 39.5 Å². The van der Waals surface area contributed by atoms with Gasteiger partial charge in [0, 0.05) is 25.7 Å². The number of carbonyl (C=O) groups is 4. The maximum atomic E-state index is 13.1. The summed E-state index contributed by atoms with van der Waals surface area (Å²) in [5.41, 5.74) is 0. The minimum Gasteiger partial charge on any atom is -0.462 e. The molecule has 0 radical (unpaired) electrons. The molecular weight excluding hydrogens is 1270 g/mol. The van der Waals surface area contributed by atoms with Crippen molar-refractivity contribution in [3.63, 3.8) is 0 Å². The van der Waals surface area contributed by atoms with Crippen LogP contribution < -0.4 is 0 Å². The number of esters is 4. The van der Waals surface area contributed by atoms with Gasteiger partial charge in [-0.25, -0.2) is 9.13 Å². The molecule has 576 valence electrons. The first-order chi connectivity index (χ1) is 47.0. The van der Waals surface area contributed by atoms with Crippen molar-refractivity contribution in [3.05, 3.63) is 0 Å². The van der Waals surface area contributed by atoms with E-state index < -0.39 is 97.5 Å². The number of hydrogen-bond acceptors (Lipinski definition) is 15. The van der Waals surface area contributed by atoms with Gasteiger partial charge < -0.3 is 33.8 Å². The lowest BCUT2D eigenvalue weighted by Gasteiger charge is -2.21. The zero-order chi connectivity index (χ0) is 71.2. The Bertz CT molecular complexity index is 1860. The molecule has 5 atom stereocenters. The van der Waals surface area contributed by atoms with Gasteiger partial charge in [-0.05, 0) is 31.6 Å². The Balaban J connectivity index is 5.24. The molecule has 3 N–H and O–H groups in total. The van der Waals surface area contributed by atoms with Crippen LogP contribution in [0.1, 0.15) is 413 Å². The van der Waals surface area contributed by atoms with Crippen molar-refractivity contribution in [2.24, 2.45) is 5.92 Å². The Morgan fingerprint density at radius 2 is 0.474 bits per heavy atom. The van der Waals surface area contributed by atoms with Gasteiger partial charge in [0.1, 0.15) is 19.3 Å². The predicted octanol–water partition coefficient (Wildman–Crippen LogP) is 23.3. The van der Waals surface area contributed by atoms with Gasteiger partial charge in [-0.1, -0.05) is 362 Å². The van der Waals surface area contributed by atoms with Crippen LogP contribution in [0.5, 0.6) is 0 Å². The third-order valence-electron chi connectivity index (χ3n) is 18.3. The Hall–Kier alpha value is -1.94. The molecule has 0 saturated heterocycles. The molecule has 17 nitrogen and oxygen atoms in total. The molecule has 0 saturated carbocycles. The molecule has 2 unspecified atom stereocenters. The number of ether oxygens (including phenoxy) is 4. The van der Waals surface area contributed by atoms with Gasteiger partial charge in [0.05, 0.1) is 26.4 Å². The lowest BCUT2D eigenvalue weighted by Crippen LogP contribution is -2.30. The van der Waals surface area contributed by atoms with Crippen LogP contribution in [0.4, 0.5) is 0 Å². The van der Waals surface area contributed by atoms with Gasteiger partial charge in [0.15, 0.2) is 12.2 Å². The van der Waals surface area contributed by atoms with E-state index in [1.807, 2.05) is 0 Å². The van der Waals surface area contributed by atoms with Crippen LogP contribution in [0, 0.1) is 5.92 Å². The van der Waals surface area contributed by atoms with Crippen LogP contribution in [-0.2, 0) is 65.4 Å². The zero-order valence-corrected chi connectivity index (χ0v) is 65.0. The highest BCUT2D eigenvalue weighted by atomic mass is 31.2. The molecule has 0 aliphatic carbocycles. The first kappa shape index (κ1) is 95.1. The zero-order valence-electron chi connectivity index (χ0n) is 63.2. The van der Waals surface area contributed by atoms with E-state index in [2.05, 4.69) is 34.6 Å². The van der Waals surface area contributed by atoms with Crippen molar-refractivity contribution in [3.8, 4) is 0 Å². The second kappa shape index (κ2) is 71.1. The number of aliphatic hydroxyl groups is 1. The molecule has 0 amide bonds. The molecule has 19 heteroatoms. The van der Waals surface area contributed by atoms with E-state index >= 15 is 0 Å². The largest absolute Gasteiger partial charge is 0.472 e. The van der Waals surface area contributed by atoms with Gasteiger partial charge in [0.25, 0.3) is 0 Å². The Labute approximate surface area is 594 Å². The molecule has 0 fully saturated rings. The number of carbonyl (C=O) groups excluding carboxylic acids is 4. The van der Waals surface area contributed by atoms with Gasteiger partial charge >= 0.3 is 39.5 Å². The van der Waals surface area contributed by atoms with Crippen LogP contribution in [0.25, 0.3) is 0 Å². The second-order valence-electron chi connectivity index (χ2n) is 28.6. The summed E-state index contributed by atoms with van der Waals surface area (Å²) in [7, 11) is -9.91. The second-order valence-corrected chi connectivity index (χ2v) is 31.5. The molecule has 0 heterocycles. The SMILES string of the molecule is CCCCCCCCCCCCCCCCCCCC(=O)OC[C@H](COP(=O)(O)OC[C@@H](O)COP(=O)(O)OC[C@@H](COC(=O)CCCCCCCCCCCC)OC(=O)CCCCCCCCCCCCCCC)OC(=O)CCCCCCCCCCCCCCCCC(C)C. The van der Waals surface area contributed by atoms with E-state index in [0.717, 1.165) is 95.8 Å². The lowest BCUT2D eigenvalue weighted by molar-refractivity contribution is -0.161. The molecule has 97 heavy (non-hydrogen) atoms. The molecular formula is C78H152O17P2. The molecule has 0 aromatic rings. The average Bonchev–Trinajstić information content (AvgIpc) is 2.82. The third-order valence-corrected chi connectivity index (χ3v) is 20.2. The highest BCUT2D eigenvalue weighted by Gasteiger charge is 2.30. The minimum absolute atomic E-state index is 0.108. The fraction of sp³-hybridized carbons (Fsp3) is 0.949. The summed E-state index contributed by atoms with van der Waals surface area (Å²) < 4.78 is 68.6. The van der Waals surface area contributed by atoms with Crippen LogP contribution in [0.2, 0.25) is 0 Å². The van der Waals surface area contributed by atoms with Crippen molar-refractivity contribution in [1.82, 2.24) is 0 Å². The first-order valence-electron chi connectivity index (χ1n) is 40.6. The summed E-state index contributed by atoms with van der Waals surface area (Å²) in [6.45, 7) is 7.33. The first-order valence-corrected chi connectivity index (χ1v) is 43.6. The van der Waals surface area contributed by atoms with Crippen molar-refractivity contribution in [2.75, 3.05) is 39.6 Å². The molecule has 0 aliphatic rings. The summed E-state index contributed by atoms with van der Waals surface area (Å²) in [5, 5.41) is 10.6. The summed E-state index contributed by atoms with van der Waals surface area (Å²) in [6.07, 6.45) is 60.9. The summed E-state index contributed by atoms with van der Waals surface area (Å²) in [4.78, 5) is 72.9. The monoisotopic (exact) mass is 1420 g/mol. The van der Waals surface area contributed by atoms with Crippen LogP contribution in [0.3, 0.4) is 0 Å². The summed E-state index contributed by atoms with van der Waals surface area (Å²) >= 11 is 0. The van der Waals surface area contributed by atoms with Crippen molar-refractivity contribution in [2.45, 2.75) is 432 Å². The number of phosphoric acid groups is 2. The summed E-state index contributed by atoms with van der Waals surface area (Å²) in [6, 6.07) is 0. The molecule has 0 bridgehead atoms. The number of rotatable bonds is 78. The maximum absolute atomic E-state index is 13.1. The normalized spacial score (nSPS) is 13.9. The Kier molecular flexibility index (Phi) is 69.6. The Morgan fingerprint density at radius 3 is 0.701 bits per heavy atom. The topological polar surface area (TPSA) is 237 Å². The van der Waals surface area contributed by atoms with Gasteiger partial charge in [-0.2, -0.15) is 0 Å². The Morgan fingerprint density at radius 1 is 0.278 bits per heavy atom. The highest BCUT2D eigenvalue weighted by Crippen LogP contribution is 2.45. The van der Waals surface area contributed by atoms with Gasteiger partial charge in [-0.3, -0.25) is 37.3 Å². The molecule has 0 aromatic carbocycles. The molecule has 0 aliphatic heterocycles.